The molecule has 0 spiro atoms. The molecule has 1 saturated carbocycles. The molecule has 0 bridgehead atoms. The van der Waals surface area contributed by atoms with Crippen LogP contribution < -0.4 is 4.74 Å². The predicted octanol–water partition coefficient (Wildman–Crippen LogP) is 2.03. The minimum atomic E-state index is -0.160. The molecule has 14 heavy (non-hydrogen) atoms. The van der Waals surface area contributed by atoms with Gasteiger partial charge in [0.05, 0.1) is 18.9 Å². The highest BCUT2D eigenvalue weighted by Gasteiger charge is 2.33. The Morgan fingerprint density at radius 1 is 1.57 bits per heavy atom. The molecule has 0 aliphatic heterocycles. The monoisotopic (exact) mass is 213 g/mol. The SMILES string of the molecule is COc1nc(C2CCC(O)C2C)cs1. The maximum atomic E-state index is 9.64. The number of rotatable bonds is 2. The average Bonchev–Trinajstić information content (AvgIpc) is 2.75. The molecule has 1 N–H and O–H groups in total. The summed E-state index contributed by atoms with van der Waals surface area (Å²) in [6.07, 6.45) is 1.77. The first-order valence-electron chi connectivity index (χ1n) is 4.90. The van der Waals surface area contributed by atoms with Crippen LogP contribution in [0.25, 0.3) is 0 Å². The van der Waals surface area contributed by atoms with Crippen molar-refractivity contribution >= 4 is 11.3 Å². The van der Waals surface area contributed by atoms with Crippen molar-refractivity contribution in [1.82, 2.24) is 4.98 Å². The molecule has 0 aromatic carbocycles. The smallest absolute Gasteiger partial charge is 0.273 e. The molecule has 1 aromatic heterocycles. The molecular formula is C10H15NO2S. The van der Waals surface area contributed by atoms with E-state index in [4.69, 9.17) is 4.74 Å². The van der Waals surface area contributed by atoms with Gasteiger partial charge >= 0.3 is 0 Å². The molecule has 2 rings (SSSR count). The number of thiazole rings is 1. The molecular weight excluding hydrogens is 198 g/mol. The van der Waals surface area contributed by atoms with Gasteiger partial charge in [-0.2, -0.15) is 0 Å². The van der Waals surface area contributed by atoms with Gasteiger partial charge in [-0.25, -0.2) is 4.98 Å². The second kappa shape index (κ2) is 3.87. The van der Waals surface area contributed by atoms with Crippen molar-refractivity contribution in [2.45, 2.75) is 31.8 Å². The first kappa shape index (κ1) is 9.93. The predicted molar refractivity (Wildman–Crippen MR) is 55.8 cm³/mol. The molecule has 78 valence electrons. The third-order valence-electron chi connectivity index (χ3n) is 3.07. The zero-order chi connectivity index (χ0) is 10.1. The van der Waals surface area contributed by atoms with E-state index in [1.54, 1.807) is 7.11 Å². The average molecular weight is 213 g/mol. The van der Waals surface area contributed by atoms with Gasteiger partial charge in [0, 0.05) is 11.3 Å². The van der Waals surface area contributed by atoms with E-state index >= 15 is 0 Å². The fourth-order valence-electron chi connectivity index (χ4n) is 2.09. The Hall–Kier alpha value is -0.610. The standard InChI is InChI=1S/C10H15NO2S/c1-6-7(3-4-9(6)12)8-5-14-10(11-8)13-2/h5-7,9,12H,3-4H2,1-2H3. The van der Waals surface area contributed by atoms with Crippen molar-refractivity contribution in [3.05, 3.63) is 11.1 Å². The second-order valence-electron chi connectivity index (χ2n) is 3.85. The minimum Gasteiger partial charge on any atom is -0.473 e. The van der Waals surface area contributed by atoms with Crippen LogP contribution in [0.15, 0.2) is 5.38 Å². The van der Waals surface area contributed by atoms with E-state index < -0.39 is 0 Å². The van der Waals surface area contributed by atoms with Gasteiger partial charge in [0.1, 0.15) is 0 Å². The van der Waals surface area contributed by atoms with E-state index in [2.05, 4.69) is 11.9 Å². The summed E-state index contributed by atoms with van der Waals surface area (Å²) >= 11 is 1.52. The molecule has 1 aromatic rings. The topological polar surface area (TPSA) is 42.4 Å². The minimum absolute atomic E-state index is 0.160. The van der Waals surface area contributed by atoms with Gasteiger partial charge in [0.15, 0.2) is 0 Å². The number of aromatic nitrogens is 1. The summed E-state index contributed by atoms with van der Waals surface area (Å²) in [5, 5.41) is 12.4. The van der Waals surface area contributed by atoms with Crippen LogP contribution in [0, 0.1) is 5.92 Å². The highest BCUT2D eigenvalue weighted by atomic mass is 32.1. The maximum absolute atomic E-state index is 9.64. The Bertz CT molecular complexity index is 313. The fraction of sp³-hybridized carbons (Fsp3) is 0.700. The van der Waals surface area contributed by atoms with Gasteiger partial charge in [0.2, 0.25) is 0 Å². The Balaban J connectivity index is 2.15. The van der Waals surface area contributed by atoms with Crippen LogP contribution in [0.4, 0.5) is 0 Å². The highest BCUT2D eigenvalue weighted by Crippen LogP contribution is 2.40. The lowest BCUT2D eigenvalue weighted by Gasteiger charge is -2.14. The van der Waals surface area contributed by atoms with Crippen LogP contribution >= 0.6 is 11.3 Å². The summed E-state index contributed by atoms with van der Waals surface area (Å²) in [6.45, 7) is 2.09. The normalized spacial score (nSPS) is 32.1. The van der Waals surface area contributed by atoms with Gasteiger partial charge in [-0.1, -0.05) is 18.3 Å². The second-order valence-corrected chi connectivity index (χ2v) is 4.67. The number of aliphatic hydroxyl groups excluding tert-OH is 1. The van der Waals surface area contributed by atoms with E-state index in [-0.39, 0.29) is 6.10 Å². The molecule has 1 heterocycles. The van der Waals surface area contributed by atoms with E-state index in [9.17, 15) is 5.11 Å². The van der Waals surface area contributed by atoms with Crippen LogP contribution in [-0.4, -0.2) is 23.3 Å². The largest absolute Gasteiger partial charge is 0.473 e. The van der Waals surface area contributed by atoms with Crippen LogP contribution in [0.1, 0.15) is 31.4 Å². The lowest BCUT2D eigenvalue weighted by Crippen LogP contribution is -2.14. The Labute approximate surface area is 87.7 Å². The zero-order valence-corrected chi connectivity index (χ0v) is 9.25. The molecule has 1 aliphatic rings. The Morgan fingerprint density at radius 3 is 2.86 bits per heavy atom. The van der Waals surface area contributed by atoms with Crippen molar-refractivity contribution in [1.29, 1.82) is 0 Å². The van der Waals surface area contributed by atoms with E-state index in [1.807, 2.05) is 5.38 Å². The number of ether oxygens (including phenoxy) is 1. The summed E-state index contributed by atoms with van der Waals surface area (Å²) in [7, 11) is 1.63. The van der Waals surface area contributed by atoms with Crippen molar-refractivity contribution in [3.63, 3.8) is 0 Å². The molecule has 0 radical (unpaired) electrons. The van der Waals surface area contributed by atoms with Gasteiger partial charge in [-0.05, 0) is 18.8 Å². The summed E-state index contributed by atoms with van der Waals surface area (Å²) in [6, 6.07) is 0. The Morgan fingerprint density at radius 2 is 2.36 bits per heavy atom. The van der Waals surface area contributed by atoms with Crippen LogP contribution in [0.2, 0.25) is 0 Å². The number of aliphatic hydroxyl groups is 1. The first-order valence-corrected chi connectivity index (χ1v) is 5.78. The third kappa shape index (κ3) is 1.64. The molecule has 3 nitrogen and oxygen atoms in total. The number of methoxy groups -OCH3 is 1. The van der Waals surface area contributed by atoms with Crippen molar-refractivity contribution in [2.75, 3.05) is 7.11 Å². The van der Waals surface area contributed by atoms with E-state index in [1.165, 1.54) is 11.3 Å². The quantitative estimate of drug-likeness (QED) is 0.817. The molecule has 3 unspecified atom stereocenters. The van der Waals surface area contributed by atoms with Crippen molar-refractivity contribution < 1.29 is 9.84 Å². The first-order chi connectivity index (χ1) is 6.72. The fourth-order valence-corrected chi connectivity index (χ4v) is 2.80. The van der Waals surface area contributed by atoms with Crippen LogP contribution in [0.5, 0.6) is 5.19 Å². The molecule has 0 amide bonds. The molecule has 3 atom stereocenters. The summed E-state index contributed by atoms with van der Waals surface area (Å²) in [4.78, 5) is 4.38. The van der Waals surface area contributed by atoms with Gasteiger partial charge in [-0.15, -0.1) is 0 Å². The van der Waals surface area contributed by atoms with Gasteiger partial charge in [-0.3, -0.25) is 0 Å². The van der Waals surface area contributed by atoms with E-state index in [0.717, 1.165) is 18.5 Å². The summed E-state index contributed by atoms with van der Waals surface area (Å²) in [5.41, 5.74) is 1.08. The van der Waals surface area contributed by atoms with Crippen LogP contribution in [0.3, 0.4) is 0 Å². The molecule has 1 fully saturated rings. The van der Waals surface area contributed by atoms with Crippen molar-refractivity contribution in [2.24, 2.45) is 5.92 Å². The van der Waals surface area contributed by atoms with Crippen LogP contribution in [-0.2, 0) is 0 Å². The summed E-state index contributed by atoms with van der Waals surface area (Å²) < 4.78 is 5.06. The lowest BCUT2D eigenvalue weighted by molar-refractivity contribution is 0.136. The third-order valence-corrected chi connectivity index (χ3v) is 3.89. The highest BCUT2D eigenvalue weighted by molar-refractivity contribution is 7.11. The molecule has 1 aliphatic carbocycles. The van der Waals surface area contributed by atoms with Crippen molar-refractivity contribution in [3.8, 4) is 5.19 Å². The molecule has 0 saturated heterocycles. The lowest BCUT2D eigenvalue weighted by atomic mass is 9.94. The number of hydrogen-bond donors (Lipinski definition) is 1. The van der Waals surface area contributed by atoms with Gasteiger partial charge in [0.25, 0.3) is 5.19 Å². The molecule has 4 heteroatoms. The number of nitrogens with zero attached hydrogens (tertiary/aromatic N) is 1. The van der Waals surface area contributed by atoms with Gasteiger partial charge < -0.3 is 9.84 Å². The Kier molecular flexibility index (Phi) is 2.74. The van der Waals surface area contributed by atoms with E-state index in [0.29, 0.717) is 17.0 Å². The zero-order valence-electron chi connectivity index (χ0n) is 8.43. The number of hydrogen-bond acceptors (Lipinski definition) is 4. The summed E-state index contributed by atoms with van der Waals surface area (Å²) in [5.74, 6) is 0.729. The maximum Gasteiger partial charge on any atom is 0.273 e.